The lowest BCUT2D eigenvalue weighted by Gasteiger charge is -2.17. The molecular weight excluding hydrogens is 264 g/mol. The van der Waals surface area contributed by atoms with Gasteiger partial charge in [-0.25, -0.2) is 12.7 Å². The average molecular weight is 286 g/mol. The number of likely N-dealkylation sites (N-methyl/N-ethyl adjacent to an activating group) is 1. The second-order valence-corrected chi connectivity index (χ2v) is 6.37. The molecule has 0 aliphatic rings. The van der Waals surface area contributed by atoms with E-state index in [0.717, 1.165) is 11.1 Å². The minimum Gasteiger partial charge on any atom is -0.380 e. The van der Waals surface area contributed by atoms with Crippen molar-refractivity contribution < 1.29 is 13.2 Å². The van der Waals surface area contributed by atoms with Crippen molar-refractivity contribution in [3.05, 3.63) is 35.4 Å². The number of rotatable bonds is 8. The van der Waals surface area contributed by atoms with E-state index in [1.165, 1.54) is 4.31 Å². The molecule has 0 heterocycles. The van der Waals surface area contributed by atoms with Crippen LogP contribution in [-0.2, 0) is 27.1 Å². The van der Waals surface area contributed by atoms with Gasteiger partial charge in [-0.3, -0.25) is 0 Å². The summed E-state index contributed by atoms with van der Waals surface area (Å²) in [5.74, 6) is 0.000473. The van der Waals surface area contributed by atoms with E-state index in [0.29, 0.717) is 26.3 Å². The van der Waals surface area contributed by atoms with E-state index in [-0.39, 0.29) is 5.75 Å². The Hall–Kier alpha value is -0.950. The first-order chi connectivity index (χ1) is 8.99. The minimum absolute atomic E-state index is 0.000473. The standard InChI is InChI=1S/C13H22N2O3S/c1-3-18-9-8-15(2)19(16,17)11-13-6-4-12(10-14)5-7-13/h4-7H,3,8-11,14H2,1-2H3. The molecule has 0 radical (unpaired) electrons. The molecule has 0 spiro atoms. The Balaban J connectivity index is 2.62. The van der Waals surface area contributed by atoms with E-state index in [9.17, 15) is 8.42 Å². The Kier molecular flexibility index (Phi) is 6.44. The van der Waals surface area contributed by atoms with Crippen molar-refractivity contribution in [3.63, 3.8) is 0 Å². The Labute approximate surface area is 115 Å². The van der Waals surface area contributed by atoms with Crippen LogP contribution in [0, 0.1) is 0 Å². The van der Waals surface area contributed by atoms with Gasteiger partial charge in [-0.2, -0.15) is 0 Å². The van der Waals surface area contributed by atoms with Gasteiger partial charge in [-0.1, -0.05) is 24.3 Å². The fourth-order valence-corrected chi connectivity index (χ4v) is 2.76. The molecule has 0 unspecified atom stereocenters. The normalized spacial score (nSPS) is 12.0. The summed E-state index contributed by atoms with van der Waals surface area (Å²) >= 11 is 0. The van der Waals surface area contributed by atoms with Gasteiger partial charge >= 0.3 is 0 Å². The summed E-state index contributed by atoms with van der Waals surface area (Å²) in [4.78, 5) is 0. The third kappa shape index (κ3) is 5.28. The predicted molar refractivity (Wildman–Crippen MR) is 76.1 cm³/mol. The smallest absolute Gasteiger partial charge is 0.218 e. The van der Waals surface area contributed by atoms with Crippen LogP contribution in [0.25, 0.3) is 0 Å². The van der Waals surface area contributed by atoms with Gasteiger partial charge in [0.2, 0.25) is 10.0 Å². The molecule has 0 amide bonds. The molecule has 0 aromatic heterocycles. The third-order valence-corrected chi connectivity index (χ3v) is 4.67. The first kappa shape index (κ1) is 16.1. The largest absolute Gasteiger partial charge is 0.380 e. The number of nitrogens with two attached hydrogens (primary N) is 1. The topological polar surface area (TPSA) is 72.6 Å². The number of hydrogen-bond acceptors (Lipinski definition) is 4. The average Bonchev–Trinajstić information content (AvgIpc) is 2.39. The molecule has 0 atom stereocenters. The number of sulfonamides is 1. The molecular formula is C13H22N2O3S. The van der Waals surface area contributed by atoms with Gasteiger partial charge in [-0.15, -0.1) is 0 Å². The summed E-state index contributed by atoms with van der Waals surface area (Å²) in [7, 11) is -1.72. The highest BCUT2D eigenvalue weighted by Crippen LogP contribution is 2.10. The SMILES string of the molecule is CCOCCN(C)S(=O)(=O)Cc1ccc(CN)cc1. The van der Waals surface area contributed by atoms with E-state index in [1.54, 1.807) is 19.2 Å². The Bertz CT molecular complexity index is 471. The van der Waals surface area contributed by atoms with Crippen LogP contribution in [0.4, 0.5) is 0 Å². The Morgan fingerprint density at radius 1 is 1.21 bits per heavy atom. The molecule has 6 heteroatoms. The molecule has 2 N–H and O–H groups in total. The number of ether oxygens (including phenoxy) is 1. The fourth-order valence-electron chi connectivity index (χ4n) is 1.57. The highest BCUT2D eigenvalue weighted by molar-refractivity contribution is 7.88. The summed E-state index contributed by atoms with van der Waals surface area (Å²) in [6, 6.07) is 7.31. The maximum atomic E-state index is 12.1. The number of benzene rings is 1. The lowest BCUT2D eigenvalue weighted by atomic mass is 10.1. The van der Waals surface area contributed by atoms with Gasteiger partial charge in [0.05, 0.1) is 12.4 Å². The highest BCUT2D eigenvalue weighted by atomic mass is 32.2. The van der Waals surface area contributed by atoms with E-state index in [1.807, 2.05) is 19.1 Å². The van der Waals surface area contributed by atoms with Crippen molar-refractivity contribution >= 4 is 10.0 Å². The van der Waals surface area contributed by atoms with Crippen LogP contribution in [-0.4, -0.2) is 39.5 Å². The zero-order chi connectivity index (χ0) is 14.3. The Morgan fingerprint density at radius 2 is 1.79 bits per heavy atom. The second kappa shape index (κ2) is 7.59. The summed E-state index contributed by atoms with van der Waals surface area (Å²) in [6.45, 7) is 3.72. The van der Waals surface area contributed by atoms with E-state index < -0.39 is 10.0 Å². The maximum absolute atomic E-state index is 12.1. The van der Waals surface area contributed by atoms with Crippen LogP contribution in [0.15, 0.2) is 24.3 Å². The summed E-state index contributed by atoms with van der Waals surface area (Å²) in [5.41, 5.74) is 7.26. The van der Waals surface area contributed by atoms with Crippen LogP contribution in [0.1, 0.15) is 18.1 Å². The van der Waals surface area contributed by atoms with Crippen molar-refractivity contribution in [1.29, 1.82) is 0 Å². The van der Waals surface area contributed by atoms with Crippen molar-refractivity contribution in [2.24, 2.45) is 5.73 Å². The summed E-state index contributed by atoms with van der Waals surface area (Å²) in [6.07, 6.45) is 0. The molecule has 0 aliphatic heterocycles. The van der Waals surface area contributed by atoms with E-state index in [4.69, 9.17) is 10.5 Å². The molecule has 1 aromatic rings. The lowest BCUT2D eigenvalue weighted by molar-refractivity contribution is 0.138. The van der Waals surface area contributed by atoms with Crippen LogP contribution in [0.5, 0.6) is 0 Å². The van der Waals surface area contributed by atoms with Crippen LogP contribution >= 0.6 is 0 Å². The fraction of sp³-hybridized carbons (Fsp3) is 0.538. The monoisotopic (exact) mass is 286 g/mol. The molecule has 19 heavy (non-hydrogen) atoms. The first-order valence-electron chi connectivity index (χ1n) is 6.29. The minimum atomic E-state index is -3.29. The second-order valence-electron chi connectivity index (χ2n) is 4.30. The molecule has 0 bridgehead atoms. The molecule has 0 aliphatic carbocycles. The number of nitrogens with zero attached hydrogens (tertiary/aromatic N) is 1. The van der Waals surface area contributed by atoms with Crippen molar-refractivity contribution in [2.45, 2.75) is 19.2 Å². The Morgan fingerprint density at radius 3 is 2.32 bits per heavy atom. The molecule has 0 saturated carbocycles. The van der Waals surface area contributed by atoms with Gasteiger partial charge in [0, 0.05) is 26.7 Å². The molecule has 0 saturated heterocycles. The van der Waals surface area contributed by atoms with Crippen molar-refractivity contribution in [3.8, 4) is 0 Å². The highest BCUT2D eigenvalue weighted by Gasteiger charge is 2.18. The van der Waals surface area contributed by atoms with Gasteiger partial charge in [0.25, 0.3) is 0 Å². The van der Waals surface area contributed by atoms with Crippen LogP contribution < -0.4 is 5.73 Å². The number of hydrogen-bond donors (Lipinski definition) is 1. The molecule has 108 valence electrons. The zero-order valence-electron chi connectivity index (χ0n) is 11.5. The molecule has 1 rings (SSSR count). The molecule has 5 nitrogen and oxygen atoms in total. The predicted octanol–water partition coefficient (Wildman–Crippen LogP) is 0.943. The van der Waals surface area contributed by atoms with Gasteiger partial charge in [0.1, 0.15) is 0 Å². The van der Waals surface area contributed by atoms with Crippen molar-refractivity contribution in [1.82, 2.24) is 4.31 Å². The first-order valence-corrected chi connectivity index (χ1v) is 7.90. The quantitative estimate of drug-likeness (QED) is 0.722. The zero-order valence-corrected chi connectivity index (χ0v) is 12.3. The van der Waals surface area contributed by atoms with Crippen LogP contribution in [0.3, 0.4) is 0 Å². The maximum Gasteiger partial charge on any atom is 0.218 e. The van der Waals surface area contributed by atoms with Gasteiger partial charge in [-0.05, 0) is 18.1 Å². The molecule has 1 aromatic carbocycles. The van der Waals surface area contributed by atoms with Crippen LogP contribution in [0.2, 0.25) is 0 Å². The van der Waals surface area contributed by atoms with E-state index >= 15 is 0 Å². The lowest BCUT2D eigenvalue weighted by Crippen LogP contribution is -2.31. The summed E-state index contributed by atoms with van der Waals surface area (Å²) in [5, 5.41) is 0. The molecule has 0 fully saturated rings. The summed E-state index contributed by atoms with van der Waals surface area (Å²) < 4.78 is 30.7. The van der Waals surface area contributed by atoms with Crippen molar-refractivity contribution in [2.75, 3.05) is 26.8 Å². The van der Waals surface area contributed by atoms with Gasteiger partial charge < -0.3 is 10.5 Å². The van der Waals surface area contributed by atoms with E-state index in [2.05, 4.69) is 0 Å². The third-order valence-electron chi connectivity index (χ3n) is 2.84. The van der Waals surface area contributed by atoms with Gasteiger partial charge in [0.15, 0.2) is 0 Å².